The highest BCUT2D eigenvalue weighted by atomic mass is 32.1. The normalized spacial score (nSPS) is 11.8. The average Bonchev–Trinajstić information content (AvgIpc) is 4.23. The smallest absolute Gasteiger partial charge is 0.220 e. The Hall–Kier alpha value is -9.56. The standard InChI is InChI=1S/C68H38N4S2/c1-70-64-60(47-28-10-8-24-43(47)41-20-4-2-5-21-41)53(40-69)65(71-54-32-16-12-30-51(54)61-56(71)38-36-49-45-26-14-18-34-58(45)73-67(49)61)63(48-29-11-9-25-44(48)42-22-6-3-7-23-42)66(64)72-55-33-17-13-31-52(55)62-57(72)39-37-50-46-27-15-19-35-59(46)74-68(50)62/h2-39H. The summed E-state index contributed by atoms with van der Waals surface area (Å²) in [4.78, 5) is 4.73. The number of nitrogens with zero attached hydrogens (tertiary/aromatic N) is 4. The highest BCUT2D eigenvalue weighted by Gasteiger charge is 2.34. The maximum Gasteiger partial charge on any atom is 0.220 e. The van der Waals surface area contributed by atoms with E-state index in [1.807, 2.05) is 59.1 Å². The number of rotatable bonds is 6. The molecule has 15 rings (SSSR count). The van der Waals surface area contributed by atoms with Crippen molar-refractivity contribution in [1.82, 2.24) is 9.13 Å². The van der Waals surface area contributed by atoms with Crippen LogP contribution < -0.4 is 0 Å². The van der Waals surface area contributed by atoms with Crippen LogP contribution in [0.5, 0.6) is 0 Å². The molecule has 6 heteroatoms. The van der Waals surface area contributed by atoms with E-state index in [1.54, 1.807) is 0 Å². The first-order valence-corrected chi connectivity index (χ1v) is 26.3. The van der Waals surface area contributed by atoms with E-state index in [0.29, 0.717) is 16.8 Å². The molecule has 0 saturated carbocycles. The molecule has 0 unspecified atom stereocenters. The molecule has 0 aliphatic carbocycles. The second kappa shape index (κ2) is 16.5. The Balaban J connectivity index is 1.23. The predicted octanol–water partition coefficient (Wildman–Crippen LogP) is 19.7. The monoisotopic (exact) mass is 974 g/mol. The van der Waals surface area contributed by atoms with Crippen molar-refractivity contribution in [2.45, 2.75) is 0 Å². The summed E-state index contributed by atoms with van der Waals surface area (Å²) in [5, 5.41) is 21.7. The molecule has 11 aromatic carbocycles. The van der Waals surface area contributed by atoms with E-state index < -0.39 is 0 Å². The minimum Gasteiger partial charge on any atom is -0.318 e. The summed E-state index contributed by atoms with van der Waals surface area (Å²) in [5.74, 6) is 0. The lowest BCUT2D eigenvalue weighted by molar-refractivity contribution is 1.13. The molecular weight excluding hydrogens is 937 g/mol. The molecule has 15 aromatic rings. The number of fused-ring (bicyclic) bond motifs is 14. The fourth-order valence-corrected chi connectivity index (χ4v) is 14.5. The molecule has 342 valence electrons. The third-order valence-electron chi connectivity index (χ3n) is 15.0. The molecule has 0 N–H and O–H groups in total. The van der Waals surface area contributed by atoms with Gasteiger partial charge in [-0.15, -0.1) is 22.7 Å². The SMILES string of the molecule is [C-]#[N+]c1c(-c2ccccc2-c2ccccc2)c(C#N)c(-n2c3ccccc3c3c4sc5ccccc5c4ccc32)c(-c2ccccc2-c2ccccc2)c1-n1c2ccccc2c2c3sc4ccccc4c3ccc21. The van der Waals surface area contributed by atoms with Gasteiger partial charge in [0.05, 0.1) is 45.6 Å². The lowest BCUT2D eigenvalue weighted by Crippen LogP contribution is -2.09. The van der Waals surface area contributed by atoms with Crippen LogP contribution in [0.2, 0.25) is 0 Å². The van der Waals surface area contributed by atoms with Crippen LogP contribution in [0.1, 0.15) is 5.56 Å². The van der Waals surface area contributed by atoms with Gasteiger partial charge in [0.25, 0.3) is 0 Å². The van der Waals surface area contributed by atoms with Gasteiger partial charge in [0.15, 0.2) is 0 Å². The number of hydrogen-bond donors (Lipinski definition) is 0. The molecule has 0 atom stereocenters. The van der Waals surface area contributed by atoms with Crippen LogP contribution in [0.3, 0.4) is 0 Å². The quantitative estimate of drug-likeness (QED) is 0.153. The van der Waals surface area contributed by atoms with Gasteiger partial charge in [-0.25, -0.2) is 4.85 Å². The maximum atomic E-state index is 12.4. The van der Waals surface area contributed by atoms with Crippen molar-refractivity contribution in [3.63, 3.8) is 0 Å². The van der Waals surface area contributed by atoms with Crippen molar-refractivity contribution < 1.29 is 0 Å². The highest BCUT2D eigenvalue weighted by Crippen LogP contribution is 2.56. The summed E-state index contributed by atoms with van der Waals surface area (Å²) >= 11 is 3.63. The van der Waals surface area contributed by atoms with E-state index in [1.165, 1.54) is 40.3 Å². The summed E-state index contributed by atoms with van der Waals surface area (Å²) in [6, 6.07) is 84.3. The first-order valence-electron chi connectivity index (χ1n) is 24.7. The molecule has 0 saturated heterocycles. The molecular formula is C68H38N4S2. The summed E-state index contributed by atoms with van der Waals surface area (Å²) in [6.45, 7) is 9.67. The molecule has 0 fully saturated rings. The molecule has 0 aliphatic rings. The number of nitriles is 1. The fraction of sp³-hybridized carbons (Fsp3) is 0. The Bertz CT molecular complexity index is 4690. The predicted molar refractivity (Wildman–Crippen MR) is 314 cm³/mol. The second-order valence-corrected chi connectivity index (χ2v) is 20.9. The topological polar surface area (TPSA) is 38.0 Å². The number of benzene rings is 11. The number of hydrogen-bond acceptors (Lipinski definition) is 3. The summed E-state index contributed by atoms with van der Waals surface area (Å²) in [7, 11) is 0. The first-order chi connectivity index (χ1) is 36.7. The van der Waals surface area contributed by atoms with Gasteiger partial charge >= 0.3 is 0 Å². The van der Waals surface area contributed by atoms with Crippen LogP contribution >= 0.6 is 22.7 Å². The third-order valence-corrected chi connectivity index (χ3v) is 17.4. The molecule has 0 bridgehead atoms. The zero-order chi connectivity index (χ0) is 49.0. The largest absolute Gasteiger partial charge is 0.318 e. The Morgan fingerprint density at radius 1 is 0.365 bits per heavy atom. The average molecular weight is 975 g/mol. The third kappa shape index (κ3) is 5.99. The van der Waals surface area contributed by atoms with Crippen LogP contribution in [0, 0.1) is 17.9 Å². The summed E-state index contributed by atoms with van der Waals surface area (Å²) < 4.78 is 9.57. The molecule has 0 amide bonds. The van der Waals surface area contributed by atoms with E-state index in [-0.39, 0.29) is 0 Å². The summed E-state index contributed by atoms with van der Waals surface area (Å²) in [6.07, 6.45) is 0. The molecule has 0 spiro atoms. The Labute approximate surface area is 433 Å². The van der Waals surface area contributed by atoms with E-state index in [4.69, 9.17) is 4.85 Å². The maximum absolute atomic E-state index is 12.4. The van der Waals surface area contributed by atoms with Gasteiger partial charge in [-0.05, 0) is 69.8 Å². The van der Waals surface area contributed by atoms with Gasteiger partial charge in [0, 0.05) is 73.0 Å². The van der Waals surface area contributed by atoms with Crippen LogP contribution in [0.15, 0.2) is 231 Å². The second-order valence-electron chi connectivity index (χ2n) is 18.8. The number of para-hydroxylation sites is 2. The lowest BCUT2D eigenvalue weighted by atomic mass is 9.84. The molecule has 4 aromatic heterocycles. The van der Waals surface area contributed by atoms with E-state index in [0.717, 1.165) is 93.9 Å². The summed E-state index contributed by atoms with van der Waals surface area (Å²) in [5.41, 5.74) is 13.3. The molecule has 4 heterocycles. The molecule has 74 heavy (non-hydrogen) atoms. The Morgan fingerprint density at radius 2 is 0.770 bits per heavy atom. The minimum atomic E-state index is 0.401. The van der Waals surface area contributed by atoms with Crippen molar-refractivity contribution in [2.24, 2.45) is 0 Å². The van der Waals surface area contributed by atoms with Gasteiger partial charge < -0.3 is 9.13 Å². The minimum absolute atomic E-state index is 0.401. The number of thiophene rings is 2. The highest BCUT2D eigenvalue weighted by molar-refractivity contribution is 7.27. The molecule has 0 aliphatic heterocycles. The van der Waals surface area contributed by atoms with Gasteiger partial charge in [-0.1, -0.05) is 194 Å². The van der Waals surface area contributed by atoms with Crippen molar-refractivity contribution in [3.05, 3.63) is 248 Å². The first kappa shape index (κ1) is 42.2. The molecule has 0 radical (unpaired) electrons. The van der Waals surface area contributed by atoms with Gasteiger partial charge in [0.1, 0.15) is 6.07 Å². The van der Waals surface area contributed by atoms with Gasteiger partial charge in [-0.2, -0.15) is 5.26 Å². The van der Waals surface area contributed by atoms with Crippen molar-refractivity contribution in [1.29, 1.82) is 5.26 Å². The van der Waals surface area contributed by atoms with Crippen molar-refractivity contribution in [3.8, 4) is 62.0 Å². The van der Waals surface area contributed by atoms with E-state index >= 15 is 0 Å². The zero-order valence-electron chi connectivity index (χ0n) is 39.5. The zero-order valence-corrected chi connectivity index (χ0v) is 41.2. The molecule has 4 nitrogen and oxygen atoms in total. The van der Waals surface area contributed by atoms with Crippen LogP contribution in [-0.2, 0) is 0 Å². The van der Waals surface area contributed by atoms with Crippen LogP contribution in [-0.4, -0.2) is 9.13 Å². The van der Waals surface area contributed by atoms with Gasteiger partial charge in [0.2, 0.25) is 5.69 Å². The van der Waals surface area contributed by atoms with Crippen molar-refractivity contribution >= 4 is 112 Å². The number of aromatic nitrogens is 2. The Kier molecular flexibility index (Phi) is 9.40. The Morgan fingerprint density at radius 3 is 1.26 bits per heavy atom. The lowest BCUT2D eigenvalue weighted by Gasteiger charge is -2.27. The van der Waals surface area contributed by atoms with Crippen molar-refractivity contribution in [2.75, 3.05) is 0 Å². The fourth-order valence-electron chi connectivity index (χ4n) is 12.0. The van der Waals surface area contributed by atoms with E-state index in [2.05, 4.69) is 209 Å². The van der Waals surface area contributed by atoms with Gasteiger partial charge in [-0.3, -0.25) is 0 Å². The van der Waals surface area contributed by atoms with Crippen LogP contribution in [0.4, 0.5) is 5.69 Å². The van der Waals surface area contributed by atoms with E-state index in [9.17, 15) is 11.8 Å². The van der Waals surface area contributed by atoms with Crippen LogP contribution in [0.25, 0.3) is 145 Å².